The fourth-order valence-corrected chi connectivity index (χ4v) is 8.66. The van der Waals surface area contributed by atoms with Gasteiger partial charge in [0.05, 0.1) is 5.69 Å². The van der Waals surface area contributed by atoms with Crippen molar-refractivity contribution in [2.45, 2.75) is 0 Å². The summed E-state index contributed by atoms with van der Waals surface area (Å²) in [5, 5.41) is 7.11. The summed E-state index contributed by atoms with van der Waals surface area (Å²) >= 11 is 0. The average Bonchev–Trinajstić information content (AvgIpc) is 3.66. The van der Waals surface area contributed by atoms with Crippen LogP contribution < -0.4 is 4.90 Å². The number of furan rings is 1. The SMILES string of the molecule is c1ccc(-c2cccc(N(c3ccc(-c4cccc(-c5cccc6ccccc56)c4)cc3)c3ccccc3-c3cccc4oc5cc6ccccc6cc5c34)c2)cc1. The van der Waals surface area contributed by atoms with Crippen molar-refractivity contribution in [1.82, 2.24) is 0 Å². The fraction of sp³-hybridized carbons (Fsp3) is 0. The third-order valence-electron chi connectivity index (χ3n) is 11.4. The van der Waals surface area contributed by atoms with Crippen LogP contribution in [-0.4, -0.2) is 0 Å². The maximum absolute atomic E-state index is 6.56. The van der Waals surface area contributed by atoms with Crippen molar-refractivity contribution in [3.8, 4) is 44.5 Å². The second kappa shape index (κ2) is 14.1. The molecule has 2 nitrogen and oxygen atoms in total. The third-order valence-corrected chi connectivity index (χ3v) is 11.4. The smallest absolute Gasteiger partial charge is 0.136 e. The normalized spacial score (nSPS) is 11.4. The maximum atomic E-state index is 6.56. The Bertz CT molecular complexity index is 3280. The van der Waals surface area contributed by atoms with Gasteiger partial charge < -0.3 is 9.32 Å². The number of anilines is 3. The van der Waals surface area contributed by atoms with Gasteiger partial charge in [-0.3, -0.25) is 0 Å². The minimum atomic E-state index is 0.880. The summed E-state index contributed by atoms with van der Waals surface area (Å²) in [4.78, 5) is 2.40. The van der Waals surface area contributed by atoms with Crippen LogP contribution in [0.4, 0.5) is 17.1 Å². The molecule has 0 radical (unpaired) electrons. The molecule has 0 atom stereocenters. The number of hydrogen-bond donors (Lipinski definition) is 0. The minimum Gasteiger partial charge on any atom is -0.456 e. The van der Waals surface area contributed by atoms with E-state index < -0.39 is 0 Å². The van der Waals surface area contributed by atoms with Gasteiger partial charge in [0.1, 0.15) is 11.2 Å². The molecule has 0 N–H and O–H groups in total. The Balaban J connectivity index is 1.06. The average molecular weight is 740 g/mol. The van der Waals surface area contributed by atoms with Gasteiger partial charge in [0.15, 0.2) is 0 Å². The van der Waals surface area contributed by atoms with Crippen molar-refractivity contribution in [3.63, 3.8) is 0 Å². The zero-order valence-electron chi connectivity index (χ0n) is 31.7. The zero-order chi connectivity index (χ0) is 38.4. The summed E-state index contributed by atoms with van der Waals surface area (Å²) in [7, 11) is 0. The molecule has 2 heteroatoms. The number of fused-ring (bicyclic) bond motifs is 5. The van der Waals surface area contributed by atoms with E-state index in [1.165, 1.54) is 49.4 Å². The van der Waals surface area contributed by atoms with Crippen LogP contribution >= 0.6 is 0 Å². The van der Waals surface area contributed by atoms with Crippen LogP contribution in [0.25, 0.3) is 88.0 Å². The highest BCUT2D eigenvalue weighted by molar-refractivity contribution is 6.16. The van der Waals surface area contributed by atoms with E-state index in [9.17, 15) is 0 Å². The number of benzene rings is 10. The molecule has 0 amide bonds. The molecule has 1 heterocycles. The minimum absolute atomic E-state index is 0.880. The summed E-state index contributed by atoms with van der Waals surface area (Å²) in [6.07, 6.45) is 0. The van der Waals surface area contributed by atoms with Gasteiger partial charge in [-0.05, 0) is 115 Å². The summed E-state index contributed by atoms with van der Waals surface area (Å²) in [5.74, 6) is 0. The van der Waals surface area contributed by atoms with Crippen molar-refractivity contribution in [2.75, 3.05) is 4.90 Å². The van der Waals surface area contributed by atoms with Crippen molar-refractivity contribution < 1.29 is 4.42 Å². The molecule has 10 aromatic carbocycles. The van der Waals surface area contributed by atoms with Crippen LogP contribution in [0.3, 0.4) is 0 Å². The van der Waals surface area contributed by atoms with Crippen LogP contribution in [0.5, 0.6) is 0 Å². The van der Waals surface area contributed by atoms with E-state index >= 15 is 0 Å². The molecular weight excluding hydrogens is 703 g/mol. The Morgan fingerprint density at radius 2 is 0.879 bits per heavy atom. The standard InChI is InChI=1S/C56H37NO/c1-2-14-38(15-3-1)42-21-11-23-47(35-42)57(46-32-30-39(31-33-46)41-20-10-22-45(34-41)49-26-12-19-40-16-6-7-24-48(40)49)53-28-9-8-25-50(53)51-27-13-29-54-56(51)52-36-43-17-4-5-18-44(43)37-55(52)58-54/h1-37H. The van der Waals surface area contributed by atoms with Gasteiger partial charge in [0.2, 0.25) is 0 Å². The van der Waals surface area contributed by atoms with E-state index in [2.05, 4.69) is 229 Å². The summed E-state index contributed by atoms with van der Waals surface area (Å²) in [6, 6.07) is 80.7. The molecule has 272 valence electrons. The Morgan fingerprint density at radius 3 is 1.74 bits per heavy atom. The van der Waals surface area contributed by atoms with Gasteiger partial charge in [-0.25, -0.2) is 0 Å². The largest absolute Gasteiger partial charge is 0.456 e. The number of nitrogens with zero attached hydrogens (tertiary/aromatic N) is 1. The molecule has 0 bridgehead atoms. The summed E-state index contributed by atoms with van der Waals surface area (Å²) in [6.45, 7) is 0. The third kappa shape index (κ3) is 5.91. The summed E-state index contributed by atoms with van der Waals surface area (Å²) < 4.78 is 6.56. The van der Waals surface area contributed by atoms with Crippen LogP contribution in [0.1, 0.15) is 0 Å². The van der Waals surface area contributed by atoms with Crippen LogP contribution in [0.15, 0.2) is 229 Å². The van der Waals surface area contributed by atoms with Crippen LogP contribution in [0, 0.1) is 0 Å². The molecule has 0 aliphatic rings. The lowest BCUT2D eigenvalue weighted by Gasteiger charge is -2.28. The molecule has 0 saturated carbocycles. The number of hydrogen-bond acceptors (Lipinski definition) is 2. The van der Waals surface area contributed by atoms with Gasteiger partial charge in [-0.1, -0.05) is 170 Å². The monoisotopic (exact) mass is 739 g/mol. The van der Waals surface area contributed by atoms with Crippen molar-refractivity contribution >= 4 is 60.5 Å². The zero-order valence-corrected chi connectivity index (χ0v) is 31.7. The van der Waals surface area contributed by atoms with Crippen LogP contribution in [0.2, 0.25) is 0 Å². The molecule has 1 aromatic heterocycles. The first-order chi connectivity index (χ1) is 28.7. The first-order valence-electron chi connectivity index (χ1n) is 19.8. The van der Waals surface area contributed by atoms with Gasteiger partial charge >= 0.3 is 0 Å². The maximum Gasteiger partial charge on any atom is 0.136 e. The Kier molecular flexibility index (Phi) is 8.19. The lowest BCUT2D eigenvalue weighted by atomic mass is 9.95. The van der Waals surface area contributed by atoms with E-state index in [-0.39, 0.29) is 0 Å². The highest BCUT2D eigenvalue weighted by atomic mass is 16.3. The summed E-state index contributed by atoms with van der Waals surface area (Å²) in [5.41, 5.74) is 14.4. The molecule has 11 rings (SSSR count). The van der Waals surface area contributed by atoms with Crippen molar-refractivity contribution in [1.29, 1.82) is 0 Å². The second-order valence-electron chi connectivity index (χ2n) is 14.9. The van der Waals surface area contributed by atoms with Crippen LogP contribution in [-0.2, 0) is 0 Å². The van der Waals surface area contributed by atoms with E-state index in [0.29, 0.717) is 0 Å². The second-order valence-corrected chi connectivity index (χ2v) is 14.9. The van der Waals surface area contributed by atoms with E-state index in [4.69, 9.17) is 4.42 Å². The first-order valence-corrected chi connectivity index (χ1v) is 19.8. The van der Waals surface area contributed by atoms with E-state index in [0.717, 1.165) is 55.7 Å². The molecular formula is C56H37NO. The number of rotatable bonds is 7. The van der Waals surface area contributed by atoms with Gasteiger partial charge in [0, 0.05) is 27.7 Å². The Morgan fingerprint density at radius 1 is 0.293 bits per heavy atom. The molecule has 11 aromatic rings. The fourth-order valence-electron chi connectivity index (χ4n) is 8.66. The molecule has 58 heavy (non-hydrogen) atoms. The Hall–Kier alpha value is -7.68. The molecule has 0 unspecified atom stereocenters. The highest BCUT2D eigenvalue weighted by Crippen LogP contribution is 2.46. The molecule has 0 saturated heterocycles. The van der Waals surface area contributed by atoms with E-state index in [1.54, 1.807) is 0 Å². The molecule has 0 spiro atoms. The topological polar surface area (TPSA) is 16.4 Å². The lowest BCUT2D eigenvalue weighted by molar-refractivity contribution is 0.669. The predicted octanol–water partition coefficient (Wildman–Crippen LogP) is 16.0. The van der Waals surface area contributed by atoms with E-state index in [1.807, 2.05) is 0 Å². The van der Waals surface area contributed by atoms with Crippen molar-refractivity contribution in [3.05, 3.63) is 224 Å². The molecule has 0 aliphatic carbocycles. The van der Waals surface area contributed by atoms with Gasteiger partial charge in [-0.15, -0.1) is 0 Å². The molecule has 0 aliphatic heterocycles. The molecule has 0 fully saturated rings. The Labute approximate surface area is 337 Å². The number of para-hydroxylation sites is 1. The van der Waals surface area contributed by atoms with Crippen molar-refractivity contribution in [2.24, 2.45) is 0 Å². The first kappa shape index (κ1) is 33.6. The predicted molar refractivity (Wildman–Crippen MR) is 245 cm³/mol. The highest BCUT2D eigenvalue weighted by Gasteiger charge is 2.21. The lowest BCUT2D eigenvalue weighted by Crippen LogP contribution is -2.11. The van der Waals surface area contributed by atoms with Gasteiger partial charge in [0.25, 0.3) is 0 Å². The quantitative estimate of drug-likeness (QED) is 0.162. The van der Waals surface area contributed by atoms with Gasteiger partial charge in [-0.2, -0.15) is 0 Å².